The molecule has 0 bridgehead atoms. The highest BCUT2D eigenvalue weighted by molar-refractivity contribution is 6.29. The number of nitrogens with zero attached hydrogens (tertiary/aromatic N) is 1. The lowest BCUT2D eigenvalue weighted by molar-refractivity contribution is -0.117. The molecule has 0 saturated heterocycles. The standard InChI is InChI=1S/C16H24ClNO4/c1-4-8-21-12-18(15(19)11-17)16-13(2)6-5-7-14(16)22-10-9-20-3/h5-7H,4,8-12H2,1-3H3. The van der Waals surface area contributed by atoms with Gasteiger partial charge in [0.15, 0.2) is 0 Å². The zero-order valence-corrected chi connectivity index (χ0v) is 14.2. The SMILES string of the molecule is CCCOCN(C(=O)CCl)c1c(C)cccc1OCCOC. The van der Waals surface area contributed by atoms with Gasteiger partial charge in [0.25, 0.3) is 0 Å². The summed E-state index contributed by atoms with van der Waals surface area (Å²) in [6.45, 7) is 5.56. The summed E-state index contributed by atoms with van der Waals surface area (Å²) in [5.74, 6) is 0.292. The van der Waals surface area contributed by atoms with Crippen LogP contribution in [0.25, 0.3) is 0 Å². The number of alkyl halides is 1. The van der Waals surface area contributed by atoms with Crippen LogP contribution in [0.5, 0.6) is 5.75 Å². The van der Waals surface area contributed by atoms with E-state index in [1.54, 1.807) is 7.11 Å². The normalized spacial score (nSPS) is 10.5. The number of amides is 1. The number of hydrogen-bond donors (Lipinski definition) is 0. The fraction of sp³-hybridized carbons (Fsp3) is 0.562. The van der Waals surface area contributed by atoms with Crippen LogP contribution in [0.2, 0.25) is 0 Å². The van der Waals surface area contributed by atoms with E-state index in [9.17, 15) is 4.79 Å². The Kier molecular flexibility index (Phi) is 8.89. The molecule has 0 saturated carbocycles. The summed E-state index contributed by atoms with van der Waals surface area (Å²) in [6, 6.07) is 5.64. The second kappa shape index (κ2) is 10.4. The average Bonchev–Trinajstić information content (AvgIpc) is 2.52. The zero-order valence-electron chi connectivity index (χ0n) is 13.4. The van der Waals surface area contributed by atoms with Gasteiger partial charge >= 0.3 is 0 Å². The van der Waals surface area contributed by atoms with Gasteiger partial charge in [-0.05, 0) is 25.0 Å². The third-order valence-electron chi connectivity index (χ3n) is 3.00. The molecule has 124 valence electrons. The van der Waals surface area contributed by atoms with E-state index < -0.39 is 0 Å². The lowest BCUT2D eigenvalue weighted by Gasteiger charge is -2.26. The van der Waals surface area contributed by atoms with Crippen LogP contribution in [-0.2, 0) is 14.3 Å². The van der Waals surface area contributed by atoms with Crippen molar-refractivity contribution in [1.29, 1.82) is 0 Å². The Morgan fingerprint density at radius 3 is 2.68 bits per heavy atom. The summed E-state index contributed by atoms with van der Waals surface area (Å²) in [5.41, 5.74) is 1.62. The van der Waals surface area contributed by atoms with Crippen molar-refractivity contribution >= 4 is 23.2 Å². The maximum Gasteiger partial charge on any atom is 0.243 e. The van der Waals surface area contributed by atoms with Crippen molar-refractivity contribution in [1.82, 2.24) is 0 Å². The Balaban J connectivity index is 3.02. The summed E-state index contributed by atoms with van der Waals surface area (Å²) < 4.78 is 16.2. The molecule has 6 heteroatoms. The van der Waals surface area contributed by atoms with E-state index in [1.165, 1.54) is 4.90 Å². The van der Waals surface area contributed by atoms with Gasteiger partial charge in [0.1, 0.15) is 25.0 Å². The molecule has 1 rings (SSSR count). The molecule has 1 aromatic rings. The van der Waals surface area contributed by atoms with Gasteiger partial charge in [-0.25, -0.2) is 0 Å². The molecule has 5 nitrogen and oxygen atoms in total. The van der Waals surface area contributed by atoms with Crippen molar-refractivity contribution in [3.8, 4) is 5.75 Å². The molecule has 1 aromatic carbocycles. The number of carbonyl (C=O) groups excluding carboxylic acids is 1. The quantitative estimate of drug-likeness (QED) is 0.376. The molecule has 1 amide bonds. The molecule has 0 aromatic heterocycles. The summed E-state index contributed by atoms with van der Waals surface area (Å²) in [7, 11) is 1.61. The molecule has 0 aliphatic heterocycles. The minimum absolute atomic E-state index is 0.110. The van der Waals surface area contributed by atoms with Crippen LogP contribution in [0.4, 0.5) is 5.69 Å². The van der Waals surface area contributed by atoms with Gasteiger partial charge in [0, 0.05) is 13.7 Å². The number of halogens is 1. The molecule has 0 radical (unpaired) electrons. The van der Waals surface area contributed by atoms with E-state index in [-0.39, 0.29) is 18.5 Å². The third kappa shape index (κ3) is 5.48. The first kappa shape index (κ1) is 18.7. The number of anilines is 1. The van der Waals surface area contributed by atoms with Crippen LogP contribution in [0, 0.1) is 6.92 Å². The molecule has 0 N–H and O–H groups in total. The van der Waals surface area contributed by atoms with Gasteiger partial charge in [0.2, 0.25) is 5.91 Å². The van der Waals surface area contributed by atoms with Gasteiger partial charge in [-0.2, -0.15) is 0 Å². The minimum Gasteiger partial charge on any atom is -0.489 e. The molecule has 0 aliphatic rings. The maximum absolute atomic E-state index is 12.2. The summed E-state index contributed by atoms with van der Waals surface area (Å²) in [4.78, 5) is 13.7. The Hall–Kier alpha value is -1.30. The van der Waals surface area contributed by atoms with E-state index >= 15 is 0 Å². The Morgan fingerprint density at radius 2 is 2.05 bits per heavy atom. The lowest BCUT2D eigenvalue weighted by atomic mass is 10.1. The van der Waals surface area contributed by atoms with Crippen molar-refractivity contribution in [2.45, 2.75) is 20.3 Å². The fourth-order valence-corrected chi connectivity index (χ4v) is 2.11. The van der Waals surface area contributed by atoms with Crippen LogP contribution in [0.3, 0.4) is 0 Å². The van der Waals surface area contributed by atoms with Crippen LogP contribution < -0.4 is 9.64 Å². The molecule has 0 fully saturated rings. The number of ether oxygens (including phenoxy) is 3. The Labute approximate surface area is 137 Å². The van der Waals surface area contributed by atoms with E-state index in [2.05, 4.69) is 0 Å². The number of carbonyl (C=O) groups is 1. The van der Waals surface area contributed by atoms with E-state index in [0.717, 1.165) is 12.0 Å². The van der Waals surface area contributed by atoms with Gasteiger partial charge in [-0.3, -0.25) is 9.69 Å². The Bertz CT molecular complexity index is 467. The predicted octanol–water partition coefficient (Wildman–Crippen LogP) is 2.98. The van der Waals surface area contributed by atoms with Gasteiger partial charge < -0.3 is 14.2 Å². The number of methoxy groups -OCH3 is 1. The largest absolute Gasteiger partial charge is 0.489 e. The third-order valence-corrected chi connectivity index (χ3v) is 3.23. The van der Waals surface area contributed by atoms with Crippen LogP contribution in [0.1, 0.15) is 18.9 Å². The highest BCUT2D eigenvalue weighted by Gasteiger charge is 2.21. The number of para-hydroxylation sites is 1. The first-order valence-electron chi connectivity index (χ1n) is 7.31. The number of hydrogen-bond acceptors (Lipinski definition) is 4. The number of rotatable bonds is 10. The molecule has 0 spiro atoms. The summed E-state index contributed by atoms with van der Waals surface area (Å²) in [6.07, 6.45) is 0.883. The summed E-state index contributed by atoms with van der Waals surface area (Å²) >= 11 is 5.73. The zero-order chi connectivity index (χ0) is 16.4. The van der Waals surface area contributed by atoms with Crippen LogP contribution in [0.15, 0.2) is 18.2 Å². The minimum atomic E-state index is -0.219. The highest BCUT2D eigenvalue weighted by atomic mass is 35.5. The first-order valence-corrected chi connectivity index (χ1v) is 7.84. The van der Waals surface area contributed by atoms with Crippen molar-refractivity contribution in [2.75, 3.05) is 44.4 Å². The molecule has 0 unspecified atom stereocenters. The van der Waals surface area contributed by atoms with Gasteiger partial charge in [0.05, 0.1) is 12.3 Å². The second-order valence-corrected chi connectivity index (χ2v) is 5.02. The van der Waals surface area contributed by atoms with Crippen molar-refractivity contribution in [3.63, 3.8) is 0 Å². The monoisotopic (exact) mass is 329 g/mol. The van der Waals surface area contributed by atoms with E-state index in [0.29, 0.717) is 31.3 Å². The molecule has 0 aliphatic carbocycles. The molecular formula is C16H24ClNO4. The fourth-order valence-electron chi connectivity index (χ4n) is 1.96. The van der Waals surface area contributed by atoms with E-state index in [1.807, 2.05) is 32.0 Å². The maximum atomic E-state index is 12.2. The van der Waals surface area contributed by atoms with Gasteiger partial charge in [-0.1, -0.05) is 19.1 Å². The molecule has 0 heterocycles. The van der Waals surface area contributed by atoms with Crippen molar-refractivity contribution < 1.29 is 19.0 Å². The number of aryl methyl sites for hydroxylation is 1. The smallest absolute Gasteiger partial charge is 0.243 e. The lowest BCUT2D eigenvalue weighted by Crippen LogP contribution is -2.35. The van der Waals surface area contributed by atoms with Crippen molar-refractivity contribution in [3.05, 3.63) is 23.8 Å². The Morgan fingerprint density at radius 1 is 1.27 bits per heavy atom. The summed E-state index contributed by atoms with van der Waals surface area (Å²) in [5, 5.41) is 0. The molecule has 22 heavy (non-hydrogen) atoms. The highest BCUT2D eigenvalue weighted by Crippen LogP contribution is 2.32. The average molecular weight is 330 g/mol. The molecular weight excluding hydrogens is 306 g/mol. The topological polar surface area (TPSA) is 48.0 Å². The van der Waals surface area contributed by atoms with Crippen LogP contribution in [-0.4, -0.2) is 45.4 Å². The van der Waals surface area contributed by atoms with E-state index in [4.69, 9.17) is 25.8 Å². The van der Waals surface area contributed by atoms with Crippen molar-refractivity contribution in [2.24, 2.45) is 0 Å². The van der Waals surface area contributed by atoms with Crippen LogP contribution >= 0.6 is 11.6 Å². The number of benzene rings is 1. The molecule has 0 atom stereocenters. The first-order chi connectivity index (χ1) is 10.7. The van der Waals surface area contributed by atoms with Gasteiger partial charge in [-0.15, -0.1) is 11.6 Å². The second-order valence-electron chi connectivity index (χ2n) is 4.76. The predicted molar refractivity (Wildman–Crippen MR) is 87.9 cm³/mol.